The van der Waals surface area contributed by atoms with E-state index in [4.69, 9.17) is 4.74 Å². The highest BCUT2D eigenvalue weighted by Gasteiger charge is 2.18. The Kier molecular flexibility index (Phi) is 68.4. The molecular formula is C74H143NO5. The van der Waals surface area contributed by atoms with Gasteiger partial charge in [0.1, 0.15) is 0 Å². The Morgan fingerprint density at radius 2 is 0.588 bits per heavy atom. The average Bonchev–Trinajstić information content (AvgIpc) is 3.46. The third-order valence-corrected chi connectivity index (χ3v) is 17.2. The zero-order valence-corrected chi connectivity index (χ0v) is 54.3. The molecule has 0 aliphatic heterocycles. The van der Waals surface area contributed by atoms with Gasteiger partial charge in [-0.15, -0.1) is 0 Å². The topological polar surface area (TPSA) is 95.9 Å². The molecule has 2 atom stereocenters. The summed E-state index contributed by atoms with van der Waals surface area (Å²) in [4.78, 5) is 24.5. The zero-order valence-electron chi connectivity index (χ0n) is 54.3. The molecule has 0 aliphatic carbocycles. The van der Waals surface area contributed by atoms with E-state index in [-0.39, 0.29) is 18.5 Å². The van der Waals surface area contributed by atoms with Crippen molar-refractivity contribution in [3.8, 4) is 0 Å². The summed E-state index contributed by atoms with van der Waals surface area (Å²) in [6.07, 6.45) is 88.5. The molecular weight excluding hydrogens is 983 g/mol. The van der Waals surface area contributed by atoms with Crippen LogP contribution in [-0.2, 0) is 14.3 Å². The van der Waals surface area contributed by atoms with Gasteiger partial charge in [0.25, 0.3) is 0 Å². The van der Waals surface area contributed by atoms with Crippen LogP contribution in [0, 0.1) is 0 Å². The second-order valence-corrected chi connectivity index (χ2v) is 25.3. The third kappa shape index (κ3) is 65.5. The number of unbranched alkanes of at least 4 members (excludes halogenated alkanes) is 56. The SMILES string of the molecule is CCCCCCCCCCCCCCCC/C=C/C(O)C(CO)NC(=O)CCCCCCCCCCCCCCCCCCC/C=C\CCCCCCCCCCCCCCCCOC(=O)CCCCCCCCCCCCCC. The lowest BCUT2D eigenvalue weighted by molar-refractivity contribution is -0.143. The molecule has 0 radical (unpaired) electrons. The van der Waals surface area contributed by atoms with Crippen LogP contribution in [0.2, 0.25) is 0 Å². The van der Waals surface area contributed by atoms with Crippen molar-refractivity contribution < 1.29 is 24.5 Å². The predicted molar refractivity (Wildman–Crippen MR) is 352 cm³/mol. The number of nitrogens with one attached hydrogen (secondary N) is 1. The summed E-state index contributed by atoms with van der Waals surface area (Å²) >= 11 is 0. The number of aliphatic hydroxyl groups is 2. The van der Waals surface area contributed by atoms with E-state index >= 15 is 0 Å². The summed E-state index contributed by atoms with van der Waals surface area (Å²) < 4.78 is 5.49. The Labute approximate surface area is 501 Å². The predicted octanol–water partition coefficient (Wildman–Crippen LogP) is 23.7. The molecule has 0 spiro atoms. The van der Waals surface area contributed by atoms with E-state index in [1.165, 1.54) is 347 Å². The third-order valence-electron chi connectivity index (χ3n) is 17.2. The van der Waals surface area contributed by atoms with Crippen LogP contribution in [0.15, 0.2) is 24.3 Å². The first-order valence-electron chi connectivity index (χ1n) is 36.6. The molecule has 0 bridgehead atoms. The number of hydrogen-bond donors (Lipinski definition) is 3. The number of ether oxygens (including phenoxy) is 1. The summed E-state index contributed by atoms with van der Waals surface area (Å²) in [5.41, 5.74) is 0. The molecule has 0 aromatic heterocycles. The number of rotatable bonds is 69. The smallest absolute Gasteiger partial charge is 0.305 e. The average molecular weight is 1130 g/mol. The van der Waals surface area contributed by atoms with E-state index in [1.807, 2.05) is 6.08 Å². The summed E-state index contributed by atoms with van der Waals surface area (Å²) in [7, 11) is 0. The number of carbonyl (C=O) groups is 2. The van der Waals surface area contributed by atoms with Gasteiger partial charge in [0.15, 0.2) is 0 Å². The molecule has 1 amide bonds. The molecule has 0 saturated heterocycles. The van der Waals surface area contributed by atoms with Crippen molar-refractivity contribution in [2.75, 3.05) is 13.2 Å². The van der Waals surface area contributed by atoms with Gasteiger partial charge in [-0.25, -0.2) is 0 Å². The maximum absolute atomic E-state index is 12.5. The van der Waals surface area contributed by atoms with Gasteiger partial charge < -0.3 is 20.3 Å². The van der Waals surface area contributed by atoms with E-state index in [0.29, 0.717) is 19.4 Å². The molecule has 0 rings (SSSR count). The van der Waals surface area contributed by atoms with Crippen LogP contribution in [0.1, 0.15) is 412 Å². The fourth-order valence-corrected chi connectivity index (χ4v) is 11.6. The van der Waals surface area contributed by atoms with Gasteiger partial charge >= 0.3 is 5.97 Å². The zero-order chi connectivity index (χ0) is 57.8. The minimum Gasteiger partial charge on any atom is -0.466 e. The van der Waals surface area contributed by atoms with E-state index < -0.39 is 12.1 Å². The van der Waals surface area contributed by atoms with Crippen LogP contribution in [0.5, 0.6) is 0 Å². The highest BCUT2D eigenvalue weighted by Crippen LogP contribution is 2.19. The Balaban J connectivity index is 3.35. The lowest BCUT2D eigenvalue weighted by atomic mass is 10.0. The van der Waals surface area contributed by atoms with Crippen molar-refractivity contribution in [2.45, 2.75) is 424 Å². The van der Waals surface area contributed by atoms with Crippen molar-refractivity contribution in [1.29, 1.82) is 0 Å². The fourth-order valence-electron chi connectivity index (χ4n) is 11.6. The molecule has 474 valence electrons. The lowest BCUT2D eigenvalue weighted by Crippen LogP contribution is -2.45. The molecule has 0 aromatic rings. The molecule has 0 aliphatic rings. The first kappa shape index (κ1) is 78.3. The van der Waals surface area contributed by atoms with Gasteiger partial charge in [0.05, 0.1) is 25.4 Å². The van der Waals surface area contributed by atoms with E-state index in [9.17, 15) is 19.8 Å². The number of amides is 1. The highest BCUT2D eigenvalue weighted by molar-refractivity contribution is 5.76. The number of carbonyl (C=O) groups excluding carboxylic acids is 2. The van der Waals surface area contributed by atoms with Crippen molar-refractivity contribution in [3.63, 3.8) is 0 Å². The summed E-state index contributed by atoms with van der Waals surface area (Å²) in [6, 6.07) is -0.625. The van der Waals surface area contributed by atoms with Gasteiger partial charge in [0, 0.05) is 12.8 Å². The molecule has 80 heavy (non-hydrogen) atoms. The van der Waals surface area contributed by atoms with E-state index in [0.717, 1.165) is 38.5 Å². The molecule has 0 aromatic carbocycles. The summed E-state index contributed by atoms with van der Waals surface area (Å²) in [5.74, 6) is -0.0400. The molecule has 0 heterocycles. The lowest BCUT2D eigenvalue weighted by Gasteiger charge is -2.20. The second-order valence-electron chi connectivity index (χ2n) is 25.3. The number of esters is 1. The first-order valence-corrected chi connectivity index (χ1v) is 36.6. The minimum atomic E-state index is -0.841. The quantitative estimate of drug-likeness (QED) is 0.0320. The van der Waals surface area contributed by atoms with Gasteiger partial charge in [-0.3, -0.25) is 9.59 Å². The number of hydrogen-bond acceptors (Lipinski definition) is 5. The van der Waals surface area contributed by atoms with Crippen LogP contribution in [0.25, 0.3) is 0 Å². The molecule has 2 unspecified atom stereocenters. The summed E-state index contributed by atoms with van der Waals surface area (Å²) in [5, 5.41) is 23.2. The fraction of sp³-hybridized carbons (Fsp3) is 0.919. The van der Waals surface area contributed by atoms with Crippen LogP contribution in [0.4, 0.5) is 0 Å². The molecule has 6 nitrogen and oxygen atoms in total. The van der Waals surface area contributed by atoms with E-state index in [2.05, 4.69) is 31.3 Å². The van der Waals surface area contributed by atoms with Crippen molar-refractivity contribution in [3.05, 3.63) is 24.3 Å². The largest absolute Gasteiger partial charge is 0.466 e. The van der Waals surface area contributed by atoms with Crippen molar-refractivity contribution in [1.82, 2.24) is 5.32 Å². The second kappa shape index (κ2) is 69.8. The molecule has 3 N–H and O–H groups in total. The normalized spacial score (nSPS) is 12.6. The van der Waals surface area contributed by atoms with Gasteiger partial charge in [-0.05, 0) is 57.8 Å². The Hall–Kier alpha value is -1.66. The van der Waals surface area contributed by atoms with Crippen LogP contribution >= 0.6 is 0 Å². The summed E-state index contributed by atoms with van der Waals surface area (Å²) in [6.45, 7) is 4.94. The minimum absolute atomic E-state index is 0.0213. The Morgan fingerprint density at radius 1 is 0.338 bits per heavy atom. The van der Waals surface area contributed by atoms with Crippen molar-refractivity contribution in [2.24, 2.45) is 0 Å². The van der Waals surface area contributed by atoms with Crippen LogP contribution < -0.4 is 5.32 Å². The van der Waals surface area contributed by atoms with Crippen LogP contribution in [-0.4, -0.2) is 47.4 Å². The highest BCUT2D eigenvalue weighted by atomic mass is 16.5. The van der Waals surface area contributed by atoms with Crippen LogP contribution in [0.3, 0.4) is 0 Å². The standard InChI is InChI=1S/C74H143NO5/c1-3-5-7-9-11-13-15-17-18-40-43-46-50-54-58-62-66-72(77)71(70-76)75-73(78)67-63-59-55-51-47-44-41-38-36-34-32-30-28-26-24-22-20-19-21-23-25-27-29-31-33-35-37-39-42-45-49-53-57-61-65-69-80-74(79)68-64-60-56-52-48-16-14-12-10-8-6-4-2/h21,23,62,66,71-72,76-77H,3-20,22,24-61,63-65,67-70H2,1-2H3,(H,75,78)/b23-21-,66-62+. The maximum Gasteiger partial charge on any atom is 0.305 e. The molecule has 6 heteroatoms. The van der Waals surface area contributed by atoms with Gasteiger partial charge in [-0.2, -0.15) is 0 Å². The maximum atomic E-state index is 12.5. The Morgan fingerprint density at radius 3 is 0.887 bits per heavy atom. The van der Waals surface area contributed by atoms with E-state index in [1.54, 1.807) is 6.08 Å². The van der Waals surface area contributed by atoms with Crippen molar-refractivity contribution >= 4 is 11.9 Å². The first-order chi connectivity index (χ1) is 39.5. The number of aliphatic hydroxyl groups excluding tert-OH is 2. The number of allylic oxidation sites excluding steroid dienone is 3. The Bertz CT molecular complexity index is 1250. The van der Waals surface area contributed by atoms with Gasteiger partial charge in [-0.1, -0.05) is 366 Å². The monoisotopic (exact) mass is 1130 g/mol. The van der Waals surface area contributed by atoms with Gasteiger partial charge in [0.2, 0.25) is 5.91 Å². The molecule has 0 fully saturated rings. The molecule has 0 saturated carbocycles.